The number of nitrogens with zero attached hydrogens (tertiary/aromatic N) is 1. The van der Waals surface area contributed by atoms with Crippen LogP contribution in [0.4, 0.5) is 0 Å². The summed E-state index contributed by atoms with van der Waals surface area (Å²) in [6, 6.07) is 0. The zero-order valence-electron chi connectivity index (χ0n) is 9.08. The van der Waals surface area contributed by atoms with Crippen molar-refractivity contribution >= 4 is 12.4 Å². The van der Waals surface area contributed by atoms with Crippen molar-refractivity contribution in [2.75, 3.05) is 20.1 Å². The van der Waals surface area contributed by atoms with Crippen molar-refractivity contribution in [1.29, 1.82) is 5.41 Å². The minimum atomic E-state index is -0.331. The van der Waals surface area contributed by atoms with Gasteiger partial charge >= 0.3 is 5.97 Å². The van der Waals surface area contributed by atoms with Crippen LogP contribution < -0.4 is 0 Å². The fourth-order valence-electron chi connectivity index (χ4n) is 1.15. The normalized spacial score (nSPS) is 10.2. The average Bonchev–Trinajstić information content (AvgIpc) is 2.16. The number of carbonyl (C=O) groups excluding carboxylic acids is 1. The summed E-state index contributed by atoms with van der Waals surface area (Å²) < 4.78 is 4.39. The Hall–Kier alpha value is -0.900. The Morgan fingerprint density at radius 3 is 2.71 bits per heavy atom. The standard InChI is InChI=1S/C10H20N2O2/c1-3-4-5-7-12(2)8-6-10(13)14-9-11/h9,11H,3-8H2,1-2H3. The van der Waals surface area contributed by atoms with Crippen molar-refractivity contribution in [2.24, 2.45) is 0 Å². The largest absolute Gasteiger partial charge is 0.415 e. The number of rotatable bonds is 8. The topological polar surface area (TPSA) is 53.4 Å². The SMILES string of the molecule is CCCCCN(C)CCC(=O)OC=N. The molecule has 0 unspecified atom stereocenters. The zero-order chi connectivity index (χ0) is 10.8. The Kier molecular flexibility index (Phi) is 8.13. The third-order valence-corrected chi connectivity index (χ3v) is 2.03. The van der Waals surface area contributed by atoms with Crippen molar-refractivity contribution in [3.63, 3.8) is 0 Å². The number of hydrogen-bond acceptors (Lipinski definition) is 4. The Balaban J connectivity index is 3.38. The molecule has 0 rings (SSSR count). The molecule has 0 amide bonds. The van der Waals surface area contributed by atoms with Crippen LogP contribution in [0.2, 0.25) is 0 Å². The molecule has 4 nitrogen and oxygen atoms in total. The minimum Gasteiger partial charge on any atom is -0.415 e. The zero-order valence-corrected chi connectivity index (χ0v) is 9.08. The van der Waals surface area contributed by atoms with Gasteiger partial charge in [-0.05, 0) is 20.0 Å². The van der Waals surface area contributed by atoms with Gasteiger partial charge in [0.1, 0.15) is 0 Å². The summed E-state index contributed by atoms with van der Waals surface area (Å²) in [6.07, 6.45) is 4.66. The Morgan fingerprint density at radius 2 is 2.14 bits per heavy atom. The third-order valence-electron chi connectivity index (χ3n) is 2.03. The van der Waals surface area contributed by atoms with Gasteiger partial charge in [0.15, 0.2) is 6.40 Å². The van der Waals surface area contributed by atoms with Crippen LogP contribution in [-0.4, -0.2) is 37.4 Å². The van der Waals surface area contributed by atoms with Gasteiger partial charge in [-0.25, -0.2) is 0 Å². The van der Waals surface area contributed by atoms with Crippen LogP contribution in [-0.2, 0) is 9.53 Å². The van der Waals surface area contributed by atoms with E-state index in [1.165, 1.54) is 19.3 Å². The molecule has 0 spiro atoms. The molecule has 0 fully saturated rings. The van der Waals surface area contributed by atoms with Gasteiger partial charge in [0.2, 0.25) is 0 Å². The first-order valence-corrected chi connectivity index (χ1v) is 5.07. The van der Waals surface area contributed by atoms with E-state index in [1.807, 2.05) is 7.05 Å². The highest BCUT2D eigenvalue weighted by Crippen LogP contribution is 1.97. The molecule has 0 aliphatic heterocycles. The first kappa shape index (κ1) is 13.1. The summed E-state index contributed by atoms with van der Waals surface area (Å²) in [5.41, 5.74) is 0. The Bertz CT molecular complexity index is 172. The fourth-order valence-corrected chi connectivity index (χ4v) is 1.15. The van der Waals surface area contributed by atoms with Gasteiger partial charge < -0.3 is 9.64 Å². The minimum absolute atomic E-state index is 0.331. The van der Waals surface area contributed by atoms with E-state index >= 15 is 0 Å². The molecule has 0 saturated carbocycles. The Labute approximate surface area is 85.7 Å². The maximum Gasteiger partial charge on any atom is 0.313 e. The highest BCUT2D eigenvalue weighted by molar-refractivity contribution is 5.77. The molecule has 0 heterocycles. The number of esters is 1. The number of nitrogens with one attached hydrogen (secondary N) is 1. The molecular formula is C10H20N2O2. The van der Waals surface area contributed by atoms with Crippen molar-refractivity contribution in [2.45, 2.75) is 32.6 Å². The van der Waals surface area contributed by atoms with E-state index in [0.29, 0.717) is 19.4 Å². The highest BCUT2D eigenvalue weighted by atomic mass is 16.5. The summed E-state index contributed by atoms with van der Waals surface area (Å²) in [6.45, 7) is 3.89. The summed E-state index contributed by atoms with van der Waals surface area (Å²) in [5, 5.41) is 6.57. The molecule has 0 aromatic carbocycles. The van der Waals surface area contributed by atoms with Crippen LogP contribution in [0.1, 0.15) is 32.6 Å². The lowest BCUT2D eigenvalue weighted by Crippen LogP contribution is -2.23. The van der Waals surface area contributed by atoms with E-state index in [9.17, 15) is 4.79 Å². The van der Waals surface area contributed by atoms with E-state index < -0.39 is 0 Å². The lowest BCUT2D eigenvalue weighted by atomic mass is 10.2. The fraction of sp³-hybridized carbons (Fsp3) is 0.800. The molecule has 82 valence electrons. The van der Waals surface area contributed by atoms with Crippen LogP contribution in [0, 0.1) is 5.41 Å². The molecule has 0 radical (unpaired) electrons. The van der Waals surface area contributed by atoms with Gasteiger partial charge in [-0.1, -0.05) is 19.8 Å². The van der Waals surface area contributed by atoms with Crippen LogP contribution in [0.5, 0.6) is 0 Å². The predicted molar refractivity (Wildman–Crippen MR) is 56.5 cm³/mol. The van der Waals surface area contributed by atoms with Gasteiger partial charge in [0, 0.05) is 6.54 Å². The molecular weight excluding hydrogens is 180 g/mol. The van der Waals surface area contributed by atoms with Gasteiger partial charge in [0.25, 0.3) is 0 Å². The highest BCUT2D eigenvalue weighted by Gasteiger charge is 2.04. The smallest absolute Gasteiger partial charge is 0.313 e. The molecule has 0 atom stereocenters. The number of carbonyl (C=O) groups is 1. The van der Waals surface area contributed by atoms with E-state index in [0.717, 1.165) is 6.54 Å². The monoisotopic (exact) mass is 200 g/mol. The summed E-state index contributed by atoms with van der Waals surface area (Å²) in [5.74, 6) is -0.331. The molecule has 0 aromatic heterocycles. The first-order valence-electron chi connectivity index (χ1n) is 5.07. The summed E-state index contributed by atoms with van der Waals surface area (Å²) in [4.78, 5) is 13.0. The van der Waals surface area contributed by atoms with Crippen LogP contribution in [0.3, 0.4) is 0 Å². The molecule has 0 aromatic rings. The van der Waals surface area contributed by atoms with Crippen LogP contribution in [0.15, 0.2) is 0 Å². The van der Waals surface area contributed by atoms with Crippen molar-refractivity contribution < 1.29 is 9.53 Å². The van der Waals surface area contributed by atoms with Crippen molar-refractivity contribution in [3.8, 4) is 0 Å². The molecule has 4 heteroatoms. The lowest BCUT2D eigenvalue weighted by molar-refractivity contribution is -0.135. The maximum atomic E-state index is 10.9. The Morgan fingerprint density at radius 1 is 1.43 bits per heavy atom. The van der Waals surface area contributed by atoms with Crippen LogP contribution in [0.25, 0.3) is 0 Å². The summed E-state index contributed by atoms with van der Waals surface area (Å²) >= 11 is 0. The maximum absolute atomic E-state index is 10.9. The second-order valence-corrected chi connectivity index (χ2v) is 3.37. The molecule has 1 N–H and O–H groups in total. The third kappa shape index (κ3) is 7.73. The van der Waals surface area contributed by atoms with Gasteiger partial charge in [-0.15, -0.1) is 0 Å². The second-order valence-electron chi connectivity index (χ2n) is 3.37. The van der Waals surface area contributed by atoms with Crippen molar-refractivity contribution in [1.82, 2.24) is 4.90 Å². The van der Waals surface area contributed by atoms with E-state index in [4.69, 9.17) is 5.41 Å². The van der Waals surface area contributed by atoms with Gasteiger partial charge in [0.05, 0.1) is 6.42 Å². The lowest BCUT2D eigenvalue weighted by Gasteiger charge is -2.14. The molecule has 0 saturated heterocycles. The van der Waals surface area contributed by atoms with E-state index in [-0.39, 0.29) is 5.97 Å². The number of hydrogen-bond donors (Lipinski definition) is 1. The molecule has 0 aliphatic rings. The van der Waals surface area contributed by atoms with E-state index in [1.54, 1.807) is 0 Å². The average molecular weight is 200 g/mol. The van der Waals surface area contributed by atoms with Gasteiger partial charge in [-0.3, -0.25) is 10.2 Å². The second kappa shape index (κ2) is 8.69. The molecule has 0 bridgehead atoms. The quantitative estimate of drug-likeness (QED) is 0.280. The summed E-state index contributed by atoms with van der Waals surface area (Å²) in [7, 11) is 1.99. The number of ether oxygens (including phenoxy) is 1. The first-order chi connectivity index (χ1) is 6.70. The predicted octanol–water partition coefficient (Wildman–Crippen LogP) is 1.65. The van der Waals surface area contributed by atoms with Crippen LogP contribution >= 0.6 is 0 Å². The van der Waals surface area contributed by atoms with E-state index in [2.05, 4.69) is 16.6 Å². The number of unbranched alkanes of at least 4 members (excludes halogenated alkanes) is 2. The molecule has 0 aliphatic carbocycles. The van der Waals surface area contributed by atoms with Crippen molar-refractivity contribution in [3.05, 3.63) is 0 Å². The molecule has 14 heavy (non-hydrogen) atoms. The van der Waals surface area contributed by atoms with Gasteiger partial charge in [-0.2, -0.15) is 0 Å².